The van der Waals surface area contributed by atoms with Crippen LogP contribution in [0.4, 0.5) is 4.39 Å². The SMILES string of the molecule is C=C(C#Cc1ccccc1)N1CCC(C(=O)NCc2ccc(F)cc2)(c2ccccc2)CC1. The molecule has 0 bridgehead atoms. The number of piperidine rings is 1. The molecule has 1 fully saturated rings. The van der Waals surface area contributed by atoms with E-state index in [-0.39, 0.29) is 11.7 Å². The molecule has 3 aromatic rings. The maximum absolute atomic E-state index is 13.5. The maximum Gasteiger partial charge on any atom is 0.231 e. The number of hydrogen-bond acceptors (Lipinski definition) is 2. The maximum atomic E-state index is 13.5. The molecular formula is C29H27FN2O. The number of halogens is 1. The second-order valence-corrected chi connectivity index (χ2v) is 8.31. The molecule has 1 saturated heterocycles. The Balaban J connectivity index is 1.47. The van der Waals surface area contributed by atoms with Gasteiger partial charge in [-0.25, -0.2) is 4.39 Å². The zero-order chi connectivity index (χ0) is 23.1. The van der Waals surface area contributed by atoms with Gasteiger partial charge in [0.15, 0.2) is 0 Å². The van der Waals surface area contributed by atoms with E-state index in [9.17, 15) is 9.18 Å². The van der Waals surface area contributed by atoms with Gasteiger partial charge in [0.25, 0.3) is 0 Å². The molecule has 1 aliphatic heterocycles. The molecule has 0 unspecified atom stereocenters. The minimum absolute atomic E-state index is 0.00124. The van der Waals surface area contributed by atoms with Gasteiger partial charge in [-0.05, 0) is 54.2 Å². The van der Waals surface area contributed by atoms with E-state index in [1.807, 2.05) is 60.7 Å². The molecule has 33 heavy (non-hydrogen) atoms. The summed E-state index contributed by atoms with van der Waals surface area (Å²) in [5, 5.41) is 3.09. The lowest BCUT2D eigenvalue weighted by molar-refractivity contribution is -0.128. The first kappa shape index (κ1) is 22.4. The molecule has 4 rings (SSSR count). The van der Waals surface area contributed by atoms with Crippen LogP contribution in [-0.2, 0) is 16.8 Å². The van der Waals surface area contributed by atoms with Crippen molar-refractivity contribution in [3.63, 3.8) is 0 Å². The second-order valence-electron chi connectivity index (χ2n) is 8.31. The topological polar surface area (TPSA) is 32.3 Å². The van der Waals surface area contributed by atoms with Gasteiger partial charge in [-0.1, -0.05) is 73.2 Å². The first-order valence-electron chi connectivity index (χ1n) is 11.2. The van der Waals surface area contributed by atoms with Crippen molar-refractivity contribution in [2.75, 3.05) is 13.1 Å². The lowest BCUT2D eigenvalue weighted by atomic mass is 9.72. The lowest BCUT2D eigenvalue weighted by Gasteiger charge is -2.41. The summed E-state index contributed by atoms with van der Waals surface area (Å²) in [7, 11) is 0. The third-order valence-corrected chi connectivity index (χ3v) is 6.25. The normalized spacial score (nSPS) is 14.6. The summed E-state index contributed by atoms with van der Waals surface area (Å²) >= 11 is 0. The summed E-state index contributed by atoms with van der Waals surface area (Å²) < 4.78 is 13.2. The number of nitrogens with one attached hydrogen (secondary N) is 1. The predicted octanol–water partition coefficient (Wildman–Crippen LogP) is 5.04. The molecule has 0 aromatic heterocycles. The fourth-order valence-corrected chi connectivity index (χ4v) is 4.26. The average Bonchev–Trinajstić information content (AvgIpc) is 2.88. The minimum atomic E-state index is -0.620. The lowest BCUT2D eigenvalue weighted by Crippen LogP contribution is -2.51. The van der Waals surface area contributed by atoms with Gasteiger partial charge in [-0.15, -0.1) is 0 Å². The highest BCUT2D eigenvalue weighted by Crippen LogP contribution is 2.36. The van der Waals surface area contributed by atoms with Crippen molar-refractivity contribution in [1.29, 1.82) is 0 Å². The molecule has 1 heterocycles. The number of benzene rings is 3. The van der Waals surface area contributed by atoms with Crippen molar-refractivity contribution >= 4 is 5.91 Å². The average molecular weight is 439 g/mol. The van der Waals surface area contributed by atoms with Crippen molar-refractivity contribution < 1.29 is 9.18 Å². The molecule has 166 valence electrons. The monoisotopic (exact) mass is 438 g/mol. The zero-order valence-corrected chi connectivity index (χ0v) is 18.6. The van der Waals surface area contributed by atoms with Crippen molar-refractivity contribution in [2.24, 2.45) is 0 Å². The highest BCUT2D eigenvalue weighted by atomic mass is 19.1. The Morgan fingerprint density at radius 2 is 1.55 bits per heavy atom. The van der Waals surface area contributed by atoms with Crippen LogP contribution in [0.25, 0.3) is 0 Å². The fourth-order valence-electron chi connectivity index (χ4n) is 4.26. The van der Waals surface area contributed by atoms with Crippen LogP contribution in [0.2, 0.25) is 0 Å². The zero-order valence-electron chi connectivity index (χ0n) is 18.6. The number of nitrogens with zero attached hydrogens (tertiary/aromatic N) is 1. The standard InChI is InChI=1S/C29H27FN2O/c1-23(12-13-24-8-4-2-5-9-24)32-20-18-29(19-21-32,26-10-6-3-7-11-26)28(33)31-22-25-14-16-27(30)17-15-25/h2-11,14-17H,1,18-22H2,(H,31,33). The van der Waals surface area contributed by atoms with Crippen molar-refractivity contribution in [3.8, 4) is 11.8 Å². The first-order chi connectivity index (χ1) is 16.1. The van der Waals surface area contributed by atoms with E-state index in [0.29, 0.717) is 32.5 Å². The van der Waals surface area contributed by atoms with Crippen LogP contribution in [0, 0.1) is 17.7 Å². The number of carbonyl (C=O) groups excluding carboxylic acids is 1. The van der Waals surface area contributed by atoms with E-state index >= 15 is 0 Å². The molecule has 3 nitrogen and oxygen atoms in total. The summed E-state index contributed by atoms with van der Waals surface area (Å²) in [5.41, 5.74) is 2.99. The molecule has 0 radical (unpaired) electrons. The Morgan fingerprint density at radius 1 is 0.939 bits per heavy atom. The van der Waals surface area contributed by atoms with E-state index in [4.69, 9.17) is 0 Å². The summed E-state index contributed by atoms with van der Waals surface area (Å²) in [5.74, 6) is 6.04. The molecule has 3 aromatic carbocycles. The van der Waals surface area contributed by atoms with E-state index in [1.54, 1.807) is 12.1 Å². The molecule has 1 amide bonds. The molecule has 0 spiro atoms. The van der Waals surface area contributed by atoms with Crippen LogP contribution in [0.3, 0.4) is 0 Å². The van der Waals surface area contributed by atoms with Gasteiger partial charge < -0.3 is 10.2 Å². The number of rotatable bonds is 5. The van der Waals surface area contributed by atoms with Crippen LogP contribution in [0.15, 0.2) is 97.2 Å². The highest BCUT2D eigenvalue weighted by Gasteiger charge is 2.42. The molecular weight excluding hydrogens is 411 g/mol. The summed E-state index contributed by atoms with van der Waals surface area (Å²) in [6, 6.07) is 26.0. The van der Waals surface area contributed by atoms with Crippen molar-refractivity contribution in [2.45, 2.75) is 24.8 Å². The predicted molar refractivity (Wildman–Crippen MR) is 130 cm³/mol. The Bertz CT molecular complexity index is 1150. The Kier molecular flexibility index (Phi) is 6.90. The van der Waals surface area contributed by atoms with E-state index in [1.165, 1.54) is 12.1 Å². The van der Waals surface area contributed by atoms with Gasteiger partial charge in [-0.2, -0.15) is 0 Å². The van der Waals surface area contributed by atoms with E-state index in [2.05, 4.69) is 28.6 Å². The molecule has 4 heteroatoms. The molecule has 0 aliphatic carbocycles. The number of amides is 1. The van der Waals surface area contributed by atoms with Crippen LogP contribution in [-0.4, -0.2) is 23.9 Å². The third kappa shape index (κ3) is 5.32. The van der Waals surface area contributed by atoms with Gasteiger partial charge in [0, 0.05) is 25.2 Å². The van der Waals surface area contributed by atoms with Crippen LogP contribution in [0.5, 0.6) is 0 Å². The largest absolute Gasteiger partial charge is 0.365 e. The van der Waals surface area contributed by atoms with E-state index in [0.717, 1.165) is 22.4 Å². The van der Waals surface area contributed by atoms with Crippen LogP contribution >= 0.6 is 0 Å². The van der Waals surface area contributed by atoms with Gasteiger partial charge in [0.05, 0.1) is 11.1 Å². The Hall–Kier alpha value is -3.84. The summed E-state index contributed by atoms with van der Waals surface area (Å²) in [6.45, 7) is 5.92. The number of hydrogen-bond donors (Lipinski definition) is 1. The second kappa shape index (κ2) is 10.2. The minimum Gasteiger partial charge on any atom is -0.365 e. The van der Waals surface area contributed by atoms with Gasteiger partial charge in [-0.3, -0.25) is 4.79 Å². The van der Waals surface area contributed by atoms with E-state index < -0.39 is 5.41 Å². The molecule has 0 saturated carbocycles. The Morgan fingerprint density at radius 3 is 2.18 bits per heavy atom. The molecule has 1 aliphatic rings. The van der Waals surface area contributed by atoms with Crippen LogP contribution in [0.1, 0.15) is 29.5 Å². The van der Waals surface area contributed by atoms with Crippen LogP contribution < -0.4 is 5.32 Å². The number of carbonyl (C=O) groups is 1. The van der Waals surface area contributed by atoms with Crippen molar-refractivity contribution in [3.05, 3.63) is 120 Å². The number of likely N-dealkylation sites (tertiary alicyclic amines) is 1. The Labute approximate surface area is 195 Å². The molecule has 1 N–H and O–H groups in total. The smallest absolute Gasteiger partial charge is 0.231 e. The highest BCUT2D eigenvalue weighted by molar-refractivity contribution is 5.88. The van der Waals surface area contributed by atoms with Crippen molar-refractivity contribution in [1.82, 2.24) is 10.2 Å². The van der Waals surface area contributed by atoms with Gasteiger partial charge in [0.2, 0.25) is 5.91 Å². The quantitative estimate of drug-likeness (QED) is 0.566. The first-order valence-corrected chi connectivity index (χ1v) is 11.2. The fraction of sp³-hybridized carbons (Fsp3) is 0.207. The summed E-state index contributed by atoms with van der Waals surface area (Å²) in [4.78, 5) is 15.7. The molecule has 0 atom stereocenters. The van der Waals surface area contributed by atoms with Gasteiger partial charge in [0.1, 0.15) is 5.82 Å². The third-order valence-electron chi connectivity index (χ3n) is 6.25. The summed E-state index contributed by atoms with van der Waals surface area (Å²) in [6.07, 6.45) is 1.33. The van der Waals surface area contributed by atoms with Gasteiger partial charge >= 0.3 is 0 Å². The number of allylic oxidation sites excluding steroid dienone is 1.